The van der Waals surface area contributed by atoms with Crippen LogP contribution in [-0.2, 0) is 39.3 Å². The summed E-state index contributed by atoms with van der Waals surface area (Å²) in [6, 6.07) is 0.624. The maximum Gasteiger partial charge on any atom is 0.416 e. The van der Waals surface area contributed by atoms with Gasteiger partial charge in [-0.1, -0.05) is 0 Å². The van der Waals surface area contributed by atoms with E-state index in [2.05, 4.69) is 0 Å². The Labute approximate surface area is 233 Å². The van der Waals surface area contributed by atoms with Crippen LogP contribution in [0, 0.1) is 0 Å². The highest BCUT2D eigenvalue weighted by atomic mass is 19.4. The van der Waals surface area contributed by atoms with Crippen LogP contribution in [0.1, 0.15) is 47.2 Å². The molecule has 1 aliphatic heterocycles. The van der Waals surface area contributed by atoms with Gasteiger partial charge in [0.05, 0.1) is 54.8 Å². The van der Waals surface area contributed by atoms with Gasteiger partial charge in [0.25, 0.3) is 0 Å². The monoisotopic (exact) mass is 616 g/mol. The molecule has 0 bridgehead atoms. The van der Waals surface area contributed by atoms with Gasteiger partial charge in [-0.05, 0) is 60.9 Å². The Morgan fingerprint density at radius 3 is 1.93 bits per heavy atom. The number of methoxy groups -OCH3 is 2. The third-order valence-corrected chi connectivity index (χ3v) is 6.44. The number of carbonyl (C=O) groups is 2. The van der Waals surface area contributed by atoms with Crippen molar-refractivity contribution in [2.75, 3.05) is 32.3 Å². The van der Waals surface area contributed by atoms with Crippen LogP contribution in [0.5, 0.6) is 0 Å². The third-order valence-electron chi connectivity index (χ3n) is 6.44. The van der Waals surface area contributed by atoms with E-state index in [-0.39, 0.29) is 37.0 Å². The van der Waals surface area contributed by atoms with Gasteiger partial charge in [0.15, 0.2) is 0 Å². The van der Waals surface area contributed by atoms with E-state index in [4.69, 9.17) is 14.2 Å². The number of hydrogen-bond acceptors (Lipinski definition) is 5. The molecule has 0 fully saturated rings. The van der Waals surface area contributed by atoms with Crippen molar-refractivity contribution in [1.82, 2.24) is 4.90 Å². The van der Waals surface area contributed by atoms with Gasteiger partial charge >= 0.3 is 30.7 Å². The SMILES string of the molecule is CCOC(=O)N1c2ccc(C(F)(F)F)cc2[C@@H](N(Cc2cc(C(F)(F)F)cc(C(F)(F)F)c2)C(=O)OC)C[C@H]1COC. The van der Waals surface area contributed by atoms with E-state index in [1.165, 1.54) is 14.0 Å². The van der Waals surface area contributed by atoms with Gasteiger partial charge in [-0.3, -0.25) is 9.80 Å². The van der Waals surface area contributed by atoms with Crippen molar-refractivity contribution in [1.29, 1.82) is 0 Å². The van der Waals surface area contributed by atoms with E-state index in [1.807, 2.05) is 0 Å². The second-order valence-corrected chi connectivity index (χ2v) is 9.21. The van der Waals surface area contributed by atoms with Crippen molar-refractivity contribution >= 4 is 17.9 Å². The van der Waals surface area contributed by atoms with Crippen LogP contribution >= 0.6 is 0 Å². The first-order valence-corrected chi connectivity index (χ1v) is 12.2. The Morgan fingerprint density at radius 1 is 0.881 bits per heavy atom. The second-order valence-electron chi connectivity index (χ2n) is 9.21. The van der Waals surface area contributed by atoms with Gasteiger partial charge in [0.2, 0.25) is 0 Å². The van der Waals surface area contributed by atoms with Crippen molar-refractivity contribution in [3.8, 4) is 0 Å². The largest absolute Gasteiger partial charge is 0.453 e. The lowest BCUT2D eigenvalue weighted by Crippen LogP contribution is -2.50. The molecule has 2 atom stereocenters. The molecule has 0 aliphatic carbocycles. The number of benzene rings is 2. The van der Waals surface area contributed by atoms with Crippen LogP contribution in [0.15, 0.2) is 36.4 Å². The second kappa shape index (κ2) is 12.3. The quantitative estimate of drug-likeness (QED) is 0.316. The summed E-state index contributed by atoms with van der Waals surface area (Å²) in [4.78, 5) is 27.5. The summed E-state index contributed by atoms with van der Waals surface area (Å²) >= 11 is 0. The van der Waals surface area contributed by atoms with E-state index in [0.717, 1.165) is 18.1 Å². The lowest BCUT2D eigenvalue weighted by Gasteiger charge is -2.43. The Hall–Kier alpha value is -3.69. The minimum Gasteiger partial charge on any atom is -0.453 e. The smallest absolute Gasteiger partial charge is 0.416 e. The Morgan fingerprint density at radius 2 is 1.45 bits per heavy atom. The number of rotatable bonds is 6. The molecule has 16 heteroatoms. The van der Waals surface area contributed by atoms with E-state index in [1.54, 1.807) is 0 Å². The first-order chi connectivity index (χ1) is 19.4. The van der Waals surface area contributed by atoms with E-state index in [0.29, 0.717) is 29.2 Å². The number of ether oxygens (including phenoxy) is 3. The molecular formula is C26H25F9N2O5. The predicted molar refractivity (Wildman–Crippen MR) is 128 cm³/mol. The Kier molecular flexibility index (Phi) is 9.59. The maximum atomic E-state index is 13.7. The molecule has 0 N–H and O–H groups in total. The summed E-state index contributed by atoms with van der Waals surface area (Å²) in [6.07, 6.45) is -17.8. The molecule has 0 saturated heterocycles. The highest BCUT2D eigenvalue weighted by Crippen LogP contribution is 2.45. The zero-order valence-corrected chi connectivity index (χ0v) is 22.3. The molecule has 0 unspecified atom stereocenters. The van der Waals surface area contributed by atoms with Crippen molar-refractivity contribution in [2.45, 2.75) is 50.5 Å². The molecule has 0 saturated carbocycles. The van der Waals surface area contributed by atoms with Gasteiger partial charge in [-0.2, -0.15) is 39.5 Å². The summed E-state index contributed by atoms with van der Waals surface area (Å²) in [7, 11) is 2.15. The third kappa shape index (κ3) is 7.20. The number of nitrogens with zero attached hydrogens (tertiary/aromatic N) is 2. The van der Waals surface area contributed by atoms with Gasteiger partial charge in [0, 0.05) is 13.7 Å². The van der Waals surface area contributed by atoms with Crippen molar-refractivity contribution in [3.63, 3.8) is 0 Å². The minimum atomic E-state index is -5.19. The van der Waals surface area contributed by atoms with Gasteiger partial charge in [-0.15, -0.1) is 0 Å². The van der Waals surface area contributed by atoms with Crippen molar-refractivity contribution in [3.05, 3.63) is 64.2 Å². The number of halogens is 9. The molecule has 7 nitrogen and oxygen atoms in total. The fourth-order valence-electron chi connectivity index (χ4n) is 4.70. The molecule has 1 aliphatic rings. The van der Waals surface area contributed by atoms with Crippen LogP contribution in [-0.4, -0.2) is 50.6 Å². The van der Waals surface area contributed by atoms with Gasteiger partial charge < -0.3 is 14.2 Å². The normalized spacial score (nSPS) is 17.5. The number of carbonyl (C=O) groups excluding carboxylic acids is 2. The predicted octanol–water partition coefficient (Wildman–Crippen LogP) is 7.43. The molecule has 0 radical (unpaired) electrons. The van der Waals surface area contributed by atoms with Crippen molar-refractivity contribution < 1.29 is 63.3 Å². The number of amides is 2. The topological polar surface area (TPSA) is 68.3 Å². The van der Waals surface area contributed by atoms with Crippen LogP contribution < -0.4 is 4.90 Å². The van der Waals surface area contributed by atoms with Crippen LogP contribution in [0.2, 0.25) is 0 Å². The van der Waals surface area contributed by atoms with E-state index >= 15 is 0 Å². The zero-order chi connectivity index (χ0) is 31.6. The van der Waals surface area contributed by atoms with E-state index < -0.39 is 71.6 Å². The lowest BCUT2D eigenvalue weighted by atomic mass is 9.88. The minimum absolute atomic E-state index is 0.0939. The van der Waals surface area contributed by atoms with Crippen molar-refractivity contribution in [2.24, 2.45) is 0 Å². The average molecular weight is 616 g/mol. The summed E-state index contributed by atoms with van der Waals surface area (Å²) in [6.45, 7) is 0.262. The Bertz CT molecular complexity index is 1260. The molecule has 3 rings (SSSR count). The highest BCUT2D eigenvalue weighted by molar-refractivity contribution is 5.90. The standard InChI is InChI=1S/C26H25F9N2O5/c1-4-42-23(39)37-18(13-40-2)11-21(19-10-15(24(27,28)29)5-6-20(19)37)36(22(38)41-3)12-14-7-16(25(30,31)32)9-17(8-14)26(33,34)35/h5-10,18,21H,4,11-13H2,1-3H3/t18-,21-/m0/s1. The molecular weight excluding hydrogens is 591 g/mol. The molecule has 1 heterocycles. The number of fused-ring (bicyclic) bond motifs is 1. The molecule has 0 spiro atoms. The number of anilines is 1. The molecule has 42 heavy (non-hydrogen) atoms. The molecule has 2 amide bonds. The lowest BCUT2D eigenvalue weighted by molar-refractivity contribution is -0.143. The number of hydrogen-bond donors (Lipinski definition) is 0. The first kappa shape index (κ1) is 32.8. The summed E-state index contributed by atoms with van der Waals surface area (Å²) in [5.41, 5.74) is -5.49. The number of alkyl halides is 9. The summed E-state index contributed by atoms with van der Waals surface area (Å²) in [5.74, 6) is 0. The fraction of sp³-hybridized carbons (Fsp3) is 0.462. The van der Waals surface area contributed by atoms with E-state index in [9.17, 15) is 49.1 Å². The van der Waals surface area contributed by atoms with Crippen LogP contribution in [0.25, 0.3) is 0 Å². The summed E-state index contributed by atoms with van der Waals surface area (Å²) in [5, 5.41) is 0. The first-order valence-electron chi connectivity index (χ1n) is 12.2. The summed E-state index contributed by atoms with van der Waals surface area (Å²) < 4.78 is 137. The van der Waals surface area contributed by atoms with Gasteiger partial charge in [-0.25, -0.2) is 9.59 Å². The van der Waals surface area contributed by atoms with Gasteiger partial charge in [0.1, 0.15) is 0 Å². The molecule has 0 aromatic heterocycles. The highest BCUT2D eigenvalue weighted by Gasteiger charge is 2.43. The maximum absolute atomic E-state index is 13.7. The van der Waals surface area contributed by atoms with Crippen LogP contribution in [0.4, 0.5) is 54.8 Å². The Balaban J connectivity index is 2.24. The molecule has 2 aromatic rings. The molecule has 232 valence electrons. The zero-order valence-electron chi connectivity index (χ0n) is 22.3. The molecule has 2 aromatic carbocycles. The average Bonchev–Trinajstić information content (AvgIpc) is 2.89. The van der Waals surface area contributed by atoms with Crippen LogP contribution in [0.3, 0.4) is 0 Å². The fourth-order valence-corrected chi connectivity index (χ4v) is 4.70.